The first-order valence-electron chi connectivity index (χ1n) is 10.2. The summed E-state index contributed by atoms with van der Waals surface area (Å²) in [6, 6.07) is 15.1. The molecule has 0 radical (unpaired) electrons. The molecule has 2 amide bonds. The Balaban J connectivity index is 1.54. The fraction of sp³-hybridized carbons (Fsp3) is 0.333. The van der Waals surface area contributed by atoms with E-state index in [0.29, 0.717) is 18.7 Å². The lowest BCUT2D eigenvalue weighted by atomic mass is 9.99. The monoisotopic (exact) mass is 389 g/mol. The van der Waals surface area contributed by atoms with E-state index in [2.05, 4.69) is 22.4 Å². The van der Waals surface area contributed by atoms with Gasteiger partial charge in [-0.25, -0.2) is 0 Å². The van der Waals surface area contributed by atoms with Crippen LogP contribution in [-0.4, -0.2) is 34.3 Å². The molecule has 0 saturated heterocycles. The summed E-state index contributed by atoms with van der Waals surface area (Å²) in [4.78, 5) is 31.4. The Labute approximate surface area is 171 Å². The van der Waals surface area contributed by atoms with E-state index < -0.39 is 6.04 Å². The summed E-state index contributed by atoms with van der Waals surface area (Å²) in [5.41, 5.74) is 5.11. The molecule has 0 bridgehead atoms. The normalized spacial score (nSPS) is 14.7. The first-order valence-corrected chi connectivity index (χ1v) is 10.2. The van der Waals surface area contributed by atoms with Gasteiger partial charge in [0.2, 0.25) is 5.91 Å². The van der Waals surface area contributed by atoms with E-state index in [-0.39, 0.29) is 17.7 Å². The van der Waals surface area contributed by atoms with Crippen molar-refractivity contribution in [2.24, 2.45) is 5.92 Å². The predicted octanol–water partition coefficient (Wildman–Crippen LogP) is 3.82. The molecule has 1 atom stereocenters. The van der Waals surface area contributed by atoms with Crippen LogP contribution in [-0.2, 0) is 17.8 Å². The van der Waals surface area contributed by atoms with Gasteiger partial charge in [0.05, 0.1) is 0 Å². The van der Waals surface area contributed by atoms with Crippen molar-refractivity contribution in [2.75, 3.05) is 6.54 Å². The lowest BCUT2D eigenvalue weighted by Gasteiger charge is -2.32. The Hall–Kier alpha value is -3.08. The van der Waals surface area contributed by atoms with Crippen molar-refractivity contribution >= 4 is 22.7 Å². The number of nitrogens with one attached hydrogen (secondary N) is 2. The van der Waals surface area contributed by atoms with Gasteiger partial charge < -0.3 is 15.2 Å². The van der Waals surface area contributed by atoms with E-state index >= 15 is 0 Å². The summed E-state index contributed by atoms with van der Waals surface area (Å²) in [7, 11) is 0. The van der Waals surface area contributed by atoms with Gasteiger partial charge in [-0.2, -0.15) is 0 Å². The highest BCUT2D eigenvalue weighted by Gasteiger charge is 2.32. The summed E-state index contributed by atoms with van der Waals surface area (Å²) in [5, 5.41) is 4.15. The number of carbonyl (C=O) groups excluding carboxylic acids is 2. The van der Waals surface area contributed by atoms with Gasteiger partial charge in [0, 0.05) is 47.2 Å². The Morgan fingerprint density at radius 2 is 1.90 bits per heavy atom. The summed E-state index contributed by atoms with van der Waals surface area (Å²) >= 11 is 0. The van der Waals surface area contributed by atoms with Crippen LogP contribution in [0.1, 0.15) is 41.0 Å². The van der Waals surface area contributed by atoms with Crippen molar-refractivity contribution < 1.29 is 9.59 Å². The van der Waals surface area contributed by atoms with Crippen LogP contribution < -0.4 is 5.32 Å². The molecule has 0 spiro atoms. The van der Waals surface area contributed by atoms with Crippen LogP contribution in [0.25, 0.3) is 10.9 Å². The van der Waals surface area contributed by atoms with Gasteiger partial charge in [-0.1, -0.05) is 49.7 Å². The Morgan fingerprint density at radius 1 is 1.10 bits per heavy atom. The molecule has 2 heterocycles. The molecule has 0 aliphatic carbocycles. The van der Waals surface area contributed by atoms with Crippen LogP contribution in [0.5, 0.6) is 0 Å². The maximum absolute atomic E-state index is 13.3. The Bertz CT molecular complexity index is 1070. The molecule has 2 aromatic carbocycles. The number of H-pyrrole nitrogens is 1. The highest BCUT2D eigenvalue weighted by atomic mass is 16.2. The SMILES string of the molecule is Cc1cccc(C(=O)N[C@@H](C(=O)N2CCc3[nH]c4ccccc4c3C2)C(C)C)c1. The van der Waals surface area contributed by atoms with Gasteiger partial charge in [-0.3, -0.25) is 9.59 Å². The molecule has 1 aliphatic rings. The summed E-state index contributed by atoms with van der Waals surface area (Å²) in [5.74, 6) is -0.219. The second-order valence-electron chi connectivity index (χ2n) is 8.20. The molecule has 4 rings (SSSR count). The predicted molar refractivity (Wildman–Crippen MR) is 115 cm³/mol. The fourth-order valence-electron chi connectivity index (χ4n) is 4.08. The topological polar surface area (TPSA) is 65.2 Å². The molecule has 5 nitrogen and oxygen atoms in total. The van der Waals surface area contributed by atoms with Crippen LogP contribution >= 0.6 is 0 Å². The fourth-order valence-corrected chi connectivity index (χ4v) is 4.08. The number of carbonyl (C=O) groups is 2. The number of aryl methyl sites for hydroxylation is 1. The van der Waals surface area contributed by atoms with Crippen LogP contribution in [0.2, 0.25) is 0 Å². The van der Waals surface area contributed by atoms with E-state index in [0.717, 1.165) is 17.5 Å². The molecule has 29 heavy (non-hydrogen) atoms. The maximum atomic E-state index is 13.3. The lowest BCUT2D eigenvalue weighted by molar-refractivity contribution is -0.135. The first-order chi connectivity index (χ1) is 13.9. The lowest BCUT2D eigenvalue weighted by Crippen LogP contribution is -2.52. The van der Waals surface area contributed by atoms with Crippen LogP contribution in [0, 0.1) is 12.8 Å². The zero-order valence-electron chi connectivity index (χ0n) is 17.2. The van der Waals surface area contributed by atoms with Gasteiger partial charge in [0.1, 0.15) is 6.04 Å². The summed E-state index contributed by atoms with van der Waals surface area (Å²) in [6.07, 6.45) is 0.798. The quantitative estimate of drug-likeness (QED) is 0.713. The molecule has 0 saturated carbocycles. The molecule has 0 fully saturated rings. The van der Waals surface area contributed by atoms with Crippen molar-refractivity contribution in [1.29, 1.82) is 0 Å². The van der Waals surface area contributed by atoms with Crippen molar-refractivity contribution in [1.82, 2.24) is 15.2 Å². The summed E-state index contributed by atoms with van der Waals surface area (Å²) < 4.78 is 0. The van der Waals surface area contributed by atoms with Crippen molar-refractivity contribution in [2.45, 2.75) is 39.8 Å². The molecule has 3 aromatic rings. The number of hydrogen-bond donors (Lipinski definition) is 2. The zero-order valence-corrected chi connectivity index (χ0v) is 17.2. The van der Waals surface area contributed by atoms with Crippen LogP contribution in [0.4, 0.5) is 0 Å². The first kappa shape index (κ1) is 19.2. The summed E-state index contributed by atoms with van der Waals surface area (Å²) in [6.45, 7) is 7.12. The average Bonchev–Trinajstić information content (AvgIpc) is 3.09. The minimum Gasteiger partial charge on any atom is -0.358 e. The molecule has 1 aliphatic heterocycles. The second kappa shape index (κ2) is 7.74. The van der Waals surface area contributed by atoms with E-state index in [9.17, 15) is 9.59 Å². The number of benzene rings is 2. The highest BCUT2D eigenvalue weighted by Crippen LogP contribution is 2.28. The standard InChI is InChI=1S/C24H27N3O2/c1-15(2)22(26-23(28)17-8-6-7-16(3)13-17)24(29)27-12-11-21-19(14-27)18-9-4-5-10-20(18)25-21/h4-10,13,15,22,25H,11-12,14H2,1-3H3,(H,26,28)/t22-/m1/s1. The number of hydrogen-bond acceptors (Lipinski definition) is 2. The molecular weight excluding hydrogens is 362 g/mol. The molecule has 1 aromatic heterocycles. The third-order valence-corrected chi connectivity index (χ3v) is 5.69. The molecular formula is C24H27N3O2. The highest BCUT2D eigenvalue weighted by molar-refractivity contribution is 5.98. The minimum absolute atomic E-state index is 0.000579. The van der Waals surface area contributed by atoms with Gasteiger partial charge in [0.15, 0.2) is 0 Å². The third-order valence-electron chi connectivity index (χ3n) is 5.69. The van der Waals surface area contributed by atoms with Crippen molar-refractivity contribution in [3.63, 3.8) is 0 Å². The largest absolute Gasteiger partial charge is 0.358 e. The van der Waals surface area contributed by atoms with Crippen LogP contribution in [0.3, 0.4) is 0 Å². The van der Waals surface area contributed by atoms with Crippen LogP contribution in [0.15, 0.2) is 48.5 Å². The Kier molecular flexibility index (Phi) is 5.14. The van der Waals surface area contributed by atoms with Crippen molar-refractivity contribution in [3.05, 3.63) is 70.9 Å². The minimum atomic E-state index is -0.547. The van der Waals surface area contributed by atoms with Crippen molar-refractivity contribution in [3.8, 4) is 0 Å². The number of aromatic nitrogens is 1. The zero-order chi connectivity index (χ0) is 20.5. The van der Waals surface area contributed by atoms with E-state index in [1.165, 1.54) is 16.6 Å². The smallest absolute Gasteiger partial charge is 0.251 e. The number of aromatic amines is 1. The second-order valence-corrected chi connectivity index (χ2v) is 8.20. The molecule has 150 valence electrons. The average molecular weight is 389 g/mol. The molecule has 0 unspecified atom stereocenters. The number of para-hydroxylation sites is 1. The number of nitrogens with zero attached hydrogens (tertiary/aromatic N) is 1. The Morgan fingerprint density at radius 3 is 2.66 bits per heavy atom. The maximum Gasteiger partial charge on any atom is 0.251 e. The van der Waals surface area contributed by atoms with E-state index in [1.807, 2.05) is 56.0 Å². The van der Waals surface area contributed by atoms with Gasteiger partial charge in [0.25, 0.3) is 5.91 Å². The molecule has 5 heteroatoms. The van der Waals surface area contributed by atoms with Gasteiger partial charge in [-0.05, 0) is 31.0 Å². The van der Waals surface area contributed by atoms with E-state index in [1.54, 1.807) is 6.07 Å². The number of fused-ring (bicyclic) bond motifs is 3. The van der Waals surface area contributed by atoms with Gasteiger partial charge >= 0.3 is 0 Å². The number of rotatable bonds is 4. The van der Waals surface area contributed by atoms with Gasteiger partial charge in [-0.15, -0.1) is 0 Å². The van der Waals surface area contributed by atoms with E-state index in [4.69, 9.17) is 0 Å². The third kappa shape index (κ3) is 3.77. The number of amides is 2. The molecule has 2 N–H and O–H groups in total.